The van der Waals surface area contributed by atoms with Gasteiger partial charge in [-0.25, -0.2) is 8.42 Å². The molecule has 1 aromatic heterocycles. The molecule has 1 aromatic rings. The van der Waals surface area contributed by atoms with Crippen LogP contribution in [0.5, 0.6) is 0 Å². The lowest BCUT2D eigenvalue weighted by Gasteiger charge is -2.23. The summed E-state index contributed by atoms with van der Waals surface area (Å²) in [4.78, 5) is 4.22. The Hall–Kier alpha value is -1.16. The third-order valence-corrected chi connectivity index (χ3v) is 7.76. The molecule has 2 aliphatic rings. The second-order valence-electron chi connectivity index (χ2n) is 6.12. The molecule has 9 heteroatoms. The molecular formula is C15H24N4O3S2. The Kier molecular flexibility index (Phi) is 5.43. The summed E-state index contributed by atoms with van der Waals surface area (Å²) in [5, 5.41) is 8.34. The fourth-order valence-corrected chi connectivity index (χ4v) is 5.55. The maximum absolute atomic E-state index is 12.4. The number of aliphatic imine (C=N–C) groups is 1. The molecule has 134 valence electrons. The van der Waals surface area contributed by atoms with Crippen LogP contribution >= 0.6 is 11.3 Å². The van der Waals surface area contributed by atoms with Gasteiger partial charge in [0.1, 0.15) is 4.21 Å². The molecule has 2 saturated heterocycles. The van der Waals surface area contributed by atoms with Gasteiger partial charge in [-0.1, -0.05) is 6.07 Å². The lowest BCUT2D eigenvalue weighted by molar-refractivity contribution is 0.0992. The van der Waals surface area contributed by atoms with Gasteiger partial charge in [0, 0.05) is 27.2 Å². The predicted molar refractivity (Wildman–Crippen MR) is 94.9 cm³/mol. The van der Waals surface area contributed by atoms with Crippen molar-refractivity contribution in [3.8, 4) is 0 Å². The lowest BCUT2D eigenvalue weighted by Crippen LogP contribution is -2.48. The Labute approximate surface area is 147 Å². The summed E-state index contributed by atoms with van der Waals surface area (Å²) < 4.78 is 32.3. The van der Waals surface area contributed by atoms with E-state index in [0.717, 1.165) is 19.3 Å². The van der Waals surface area contributed by atoms with Crippen molar-refractivity contribution < 1.29 is 13.2 Å². The zero-order valence-corrected chi connectivity index (χ0v) is 15.6. The number of ether oxygens (including phenoxy) is 1. The Morgan fingerprint density at radius 1 is 1.50 bits per heavy atom. The molecule has 24 heavy (non-hydrogen) atoms. The highest BCUT2D eigenvalue weighted by atomic mass is 32.2. The van der Waals surface area contributed by atoms with E-state index < -0.39 is 10.0 Å². The van der Waals surface area contributed by atoms with Crippen LogP contribution in [0.15, 0.2) is 26.7 Å². The van der Waals surface area contributed by atoms with Crippen LogP contribution in [0.2, 0.25) is 0 Å². The van der Waals surface area contributed by atoms with Crippen LogP contribution in [-0.2, 0) is 14.8 Å². The normalized spacial score (nSPS) is 27.0. The molecule has 7 nitrogen and oxygen atoms in total. The van der Waals surface area contributed by atoms with Gasteiger partial charge in [-0.05, 0) is 30.7 Å². The lowest BCUT2D eigenvalue weighted by atomic mass is 9.96. The van der Waals surface area contributed by atoms with Gasteiger partial charge in [0.05, 0.1) is 18.2 Å². The van der Waals surface area contributed by atoms with Crippen molar-refractivity contribution in [2.24, 2.45) is 4.99 Å². The van der Waals surface area contributed by atoms with Crippen molar-refractivity contribution in [2.45, 2.75) is 41.7 Å². The van der Waals surface area contributed by atoms with E-state index >= 15 is 0 Å². The summed E-state index contributed by atoms with van der Waals surface area (Å²) in [6.45, 7) is 0.858. The summed E-state index contributed by atoms with van der Waals surface area (Å²) in [7, 11) is -0.0863. The summed E-state index contributed by atoms with van der Waals surface area (Å²) in [6, 6.07) is 3.66. The van der Waals surface area contributed by atoms with Crippen molar-refractivity contribution >= 4 is 27.3 Å². The zero-order chi connectivity index (χ0) is 17.2. The predicted octanol–water partition coefficient (Wildman–Crippen LogP) is 0.854. The third-order valence-electron chi connectivity index (χ3n) is 4.53. The van der Waals surface area contributed by atoms with Gasteiger partial charge in [0.25, 0.3) is 10.0 Å². The Morgan fingerprint density at radius 3 is 2.92 bits per heavy atom. The molecule has 3 heterocycles. The molecule has 3 unspecified atom stereocenters. The van der Waals surface area contributed by atoms with Crippen LogP contribution in [0.4, 0.5) is 0 Å². The van der Waals surface area contributed by atoms with Crippen LogP contribution in [0.3, 0.4) is 0 Å². The smallest absolute Gasteiger partial charge is 0.252 e. The summed E-state index contributed by atoms with van der Waals surface area (Å²) in [5.41, 5.74) is 0. The molecule has 0 saturated carbocycles. The molecule has 2 fully saturated rings. The van der Waals surface area contributed by atoms with E-state index in [2.05, 4.69) is 15.6 Å². The summed E-state index contributed by atoms with van der Waals surface area (Å²) >= 11 is 1.23. The number of thiophene rings is 1. The van der Waals surface area contributed by atoms with Crippen molar-refractivity contribution in [1.82, 2.24) is 14.9 Å². The number of guanidine groups is 1. The van der Waals surface area contributed by atoms with E-state index in [4.69, 9.17) is 4.74 Å². The number of rotatable bonds is 6. The number of hydrogen-bond acceptors (Lipinski definition) is 5. The highest BCUT2D eigenvalue weighted by Gasteiger charge is 2.41. The van der Waals surface area contributed by atoms with Gasteiger partial charge < -0.3 is 15.4 Å². The third kappa shape index (κ3) is 3.74. The maximum atomic E-state index is 12.4. The minimum Gasteiger partial charge on any atom is -0.373 e. The molecule has 2 aliphatic heterocycles. The van der Waals surface area contributed by atoms with Crippen molar-refractivity contribution in [3.05, 3.63) is 17.5 Å². The van der Waals surface area contributed by atoms with Crippen LogP contribution in [0.25, 0.3) is 0 Å². The Morgan fingerprint density at radius 2 is 2.33 bits per heavy atom. The van der Waals surface area contributed by atoms with Crippen molar-refractivity contribution in [3.63, 3.8) is 0 Å². The number of hydrogen-bond donors (Lipinski definition) is 2. The van der Waals surface area contributed by atoms with E-state index in [9.17, 15) is 8.42 Å². The summed E-state index contributed by atoms with van der Waals surface area (Å²) in [6.07, 6.45) is 3.92. The van der Waals surface area contributed by atoms with Gasteiger partial charge in [-0.2, -0.15) is 4.31 Å². The fourth-order valence-electron chi connectivity index (χ4n) is 3.18. The number of likely N-dealkylation sites (N-methyl/N-ethyl adjacent to an activating group) is 1. The number of sulfonamides is 1. The number of nitrogens with zero attached hydrogens (tertiary/aromatic N) is 2. The monoisotopic (exact) mass is 372 g/mol. The molecule has 0 radical (unpaired) electrons. The highest BCUT2D eigenvalue weighted by molar-refractivity contribution is 7.91. The minimum absolute atomic E-state index is 0.274. The van der Waals surface area contributed by atoms with Crippen LogP contribution in [-0.4, -0.2) is 64.1 Å². The van der Waals surface area contributed by atoms with E-state index in [1.165, 1.54) is 15.6 Å². The first-order chi connectivity index (χ1) is 11.5. The number of fused-ring (bicyclic) bond motifs is 2. The standard InChI is InChI=1S/C15H24N4O3S2/c1-16-15(18-12-10-11-5-6-13(12)22-11)17-7-8-19(2)24(20,21)14-4-3-9-23-14/h3-4,9,11-13H,5-8,10H2,1-2H3,(H2,16,17,18). The topological polar surface area (TPSA) is 83.0 Å². The van der Waals surface area contributed by atoms with Crippen molar-refractivity contribution in [2.75, 3.05) is 27.2 Å². The first-order valence-corrected chi connectivity index (χ1v) is 10.4. The van der Waals surface area contributed by atoms with Crippen LogP contribution < -0.4 is 10.6 Å². The zero-order valence-electron chi connectivity index (χ0n) is 13.9. The van der Waals surface area contributed by atoms with Gasteiger partial charge in [0.15, 0.2) is 5.96 Å². The van der Waals surface area contributed by atoms with Gasteiger partial charge >= 0.3 is 0 Å². The molecule has 2 bridgehead atoms. The van der Waals surface area contributed by atoms with Crippen LogP contribution in [0, 0.1) is 0 Å². The second kappa shape index (κ2) is 7.38. The Balaban J connectivity index is 1.46. The highest BCUT2D eigenvalue weighted by Crippen LogP contribution is 2.34. The minimum atomic E-state index is -3.40. The number of nitrogens with one attached hydrogen (secondary N) is 2. The molecule has 0 amide bonds. The molecule has 0 aliphatic carbocycles. The Bertz CT molecular complexity index is 675. The molecule has 2 N–H and O–H groups in total. The second-order valence-corrected chi connectivity index (χ2v) is 9.34. The SMILES string of the molecule is CN=C(NCCN(C)S(=O)(=O)c1cccs1)NC1CC2CCC1O2. The van der Waals surface area contributed by atoms with Gasteiger partial charge in [-0.3, -0.25) is 4.99 Å². The van der Waals surface area contributed by atoms with Crippen LogP contribution in [0.1, 0.15) is 19.3 Å². The maximum Gasteiger partial charge on any atom is 0.252 e. The first kappa shape index (κ1) is 17.7. The van der Waals surface area contributed by atoms with E-state index in [1.807, 2.05) is 0 Å². The molecular weight excluding hydrogens is 348 g/mol. The summed E-state index contributed by atoms with van der Waals surface area (Å²) in [5.74, 6) is 0.693. The van der Waals surface area contributed by atoms with Crippen molar-refractivity contribution in [1.29, 1.82) is 0 Å². The van der Waals surface area contributed by atoms with E-state index in [-0.39, 0.29) is 6.10 Å². The average molecular weight is 373 g/mol. The first-order valence-electron chi connectivity index (χ1n) is 8.13. The van der Waals surface area contributed by atoms with E-state index in [1.54, 1.807) is 31.6 Å². The molecule has 3 rings (SSSR count). The van der Waals surface area contributed by atoms with E-state index in [0.29, 0.717) is 35.4 Å². The molecule has 3 atom stereocenters. The largest absolute Gasteiger partial charge is 0.373 e. The van der Waals surface area contributed by atoms with Gasteiger partial charge in [-0.15, -0.1) is 11.3 Å². The molecule has 0 aromatic carbocycles. The van der Waals surface area contributed by atoms with Gasteiger partial charge in [0.2, 0.25) is 0 Å². The fraction of sp³-hybridized carbons (Fsp3) is 0.667. The average Bonchev–Trinajstić information content (AvgIpc) is 3.30. The quantitative estimate of drug-likeness (QED) is 0.571. The molecule has 0 spiro atoms.